The van der Waals surface area contributed by atoms with Crippen LogP contribution in [0.5, 0.6) is 0 Å². The second-order valence-electron chi connectivity index (χ2n) is 14.0. The molecule has 0 spiro atoms. The molecule has 51 heavy (non-hydrogen) atoms. The Morgan fingerprint density at radius 2 is 0.980 bits per heavy atom. The molecule has 0 amide bonds. The van der Waals surface area contributed by atoms with Gasteiger partial charge in [-0.05, 0) is 38.2 Å². The van der Waals surface area contributed by atoms with E-state index < -0.39 is 32.5 Å². The van der Waals surface area contributed by atoms with Crippen LogP contribution in [0.3, 0.4) is 0 Å². The summed E-state index contributed by atoms with van der Waals surface area (Å²) in [7, 11) is -4.78. The van der Waals surface area contributed by atoms with Gasteiger partial charge in [0.05, 0.1) is 6.61 Å². The SMILES string of the molecule is CCCCC/C=C\C=C\C(=O)CCCCCCCC(=O)OC[C@H](COP(=O)(O)O)OC(=O)CCCCCCCCCCCCCCCCCCC. The smallest absolute Gasteiger partial charge is 0.462 e. The van der Waals surface area contributed by atoms with E-state index in [9.17, 15) is 18.9 Å². The Hall–Kier alpha value is -1.80. The Bertz CT molecular complexity index is 943. The molecule has 0 aromatic carbocycles. The third kappa shape index (κ3) is 39.2. The van der Waals surface area contributed by atoms with E-state index in [1.165, 1.54) is 103 Å². The number of phosphoric acid groups is 1. The molecule has 1 atom stereocenters. The molecule has 0 unspecified atom stereocenters. The van der Waals surface area contributed by atoms with Gasteiger partial charge in [-0.3, -0.25) is 18.9 Å². The number of hydrogen-bond donors (Lipinski definition) is 2. The molecular formula is C41H75O9P. The number of allylic oxidation sites excluding steroid dienone is 4. The predicted octanol–water partition coefficient (Wildman–Crippen LogP) is 11.6. The first-order valence-electron chi connectivity index (χ1n) is 20.6. The zero-order valence-corrected chi connectivity index (χ0v) is 33.4. The van der Waals surface area contributed by atoms with Gasteiger partial charge in [-0.15, -0.1) is 0 Å². The fraction of sp³-hybridized carbons (Fsp3) is 0.829. The van der Waals surface area contributed by atoms with Gasteiger partial charge in [-0.2, -0.15) is 0 Å². The highest BCUT2D eigenvalue weighted by Crippen LogP contribution is 2.36. The maximum absolute atomic E-state index is 12.4. The predicted molar refractivity (Wildman–Crippen MR) is 207 cm³/mol. The molecule has 0 aliphatic rings. The lowest BCUT2D eigenvalue weighted by atomic mass is 10.0. The summed E-state index contributed by atoms with van der Waals surface area (Å²) in [5.41, 5.74) is 0. The normalized spacial score (nSPS) is 12.5. The van der Waals surface area contributed by atoms with Crippen LogP contribution in [0, 0.1) is 0 Å². The van der Waals surface area contributed by atoms with Gasteiger partial charge in [0.1, 0.15) is 6.61 Å². The highest BCUT2D eigenvalue weighted by molar-refractivity contribution is 7.46. The fourth-order valence-electron chi connectivity index (χ4n) is 5.83. The summed E-state index contributed by atoms with van der Waals surface area (Å²) in [4.78, 5) is 54.7. The Morgan fingerprint density at radius 3 is 1.47 bits per heavy atom. The summed E-state index contributed by atoms with van der Waals surface area (Å²) in [5.74, 6) is -0.849. The van der Waals surface area contributed by atoms with Crippen molar-refractivity contribution in [2.24, 2.45) is 0 Å². The number of hydrogen-bond acceptors (Lipinski definition) is 7. The number of rotatable bonds is 38. The Labute approximate surface area is 311 Å². The summed E-state index contributed by atoms with van der Waals surface area (Å²) in [6.45, 7) is 3.54. The van der Waals surface area contributed by atoms with E-state index in [1.807, 2.05) is 12.2 Å². The van der Waals surface area contributed by atoms with E-state index in [1.54, 1.807) is 6.08 Å². The molecule has 2 N–H and O–H groups in total. The van der Waals surface area contributed by atoms with Crippen molar-refractivity contribution in [1.82, 2.24) is 0 Å². The van der Waals surface area contributed by atoms with Crippen LogP contribution in [-0.4, -0.2) is 46.8 Å². The van der Waals surface area contributed by atoms with Crippen molar-refractivity contribution in [3.63, 3.8) is 0 Å². The molecule has 0 saturated carbocycles. The van der Waals surface area contributed by atoms with E-state index in [4.69, 9.17) is 19.3 Å². The lowest BCUT2D eigenvalue weighted by Crippen LogP contribution is -2.29. The van der Waals surface area contributed by atoms with E-state index in [2.05, 4.69) is 24.4 Å². The molecule has 0 aromatic heterocycles. The molecular weight excluding hydrogens is 667 g/mol. The van der Waals surface area contributed by atoms with Gasteiger partial charge in [0, 0.05) is 19.3 Å². The van der Waals surface area contributed by atoms with E-state index in [-0.39, 0.29) is 25.2 Å². The van der Waals surface area contributed by atoms with Crippen LogP contribution in [0.15, 0.2) is 24.3 Å². The van der Waals surface area contributed by atoms with Crippen molar-refractivity contribution >= 4 is 25.5 Å². The largest absolute Gasteiger partial charge is 0.469 e. The maximum Gasteiger partial charge on any atom is 0.469 e. The summed E-state index contributed by atoms with van der Waals surface area (Å²) in [5, 5.41) is 0. The lowest BCUT2D eigenvalue weighted by Gasteiger charge is -2.18. The molecule has 0 saturated heterocycles. The molecule has 0 aliphatic carbocycles. The topological polar surface area (TPSA) is 136 Å². The van der Waals surface area contributed by atoms with E-state index >= 15 is 0 Å². The zero-order valence-electron chi connectivity index (χ0n) is 32.5. The van der Waals surface area contributed by atoms with Gasteiger partial charge in [0.15, 0.2) is 11.9 Å². The number of phosphoric ester groups is 1. The molecule has 9 nitrogen and oxygen atoms in total. The van der Waals surface area contributed by atoms with Crippen LogP contribution >= 0.6 is 7.82 Å². The van der Waals surface area contributed by atoms with Gasteiger partial charge < -0.3 is 19.3 Å². The molecule has 10 heteroatoms. The van der Waals surface area contributed by atoms with Gasteiger partial charge in [-0.25, -0.2) is 4.57 Å². The number of carbonyl (C=O) groups is 3. The fourth-order valence-corrected chi connectivity index (χ4v) is 6.19. The number of ketones is 1. The van der Waals surface area contributed by atoms with Crippen LogP contribution in [-0.2, 0) is 32.9 Å². The minimum absolute atomic E-state index is 0.120. The van der Waals surface area contributed by atoms with Crippen molar-refractivity contribution in [2.45, 2.75) is 206 Å². The molecule has 0 rings (SSSR count). The summed E-state index contributed by atoms with van der Waals surface area (Å²) < 4.78 is 26.3. The molecule has 0 fully saturated rings. The summed E-state index contributed by atoms with van der Waals surface area (Å²) in [6, 6.07) is 0. The molecule has 0 aliphatic heterocycles. The van der Waals surface area contributed by atoms with Gasteiger partial charge in [0.2, 0.25) is 0 Å². The minimum atomic E-state index is -4.78. The van der Waals surface area contributed by atoms with Crippen LogP contribution in [0.25, 0.3) is 0 Å². The van der Waals surface area contributed by atoms with Gasteiger partial charge in [-0.1, -0.05) is 167 Å². The van der Waals surface area contributed by atoms with Gasteiger partial charge >= 0.3 is 19.8 Å². The monoisotopic (exact) mass is 743 g/mol. The van der Waals surface area contributed by atoms with Crippen molar-refractivity contribution in [2.75, 3.05) is 13.2 Å². The maximum atomic E-state index is 12.4. The van der Waals surface area contributed by atoms with E-state index in [0.717, 1.165) is 51.4 Å². The average molecular weight is 743 g/mol. The number of ether oxygens (including phenoxy) is 2. The number of unbranched alkanes of at least 4 members (excludes halogenated alkanes) is 23. The third-order valence-corrected chi connectivity index (χ3v) is 9.43. The molecule has 0 radical (unpaired) electrons. The Morgan fingerprint density at radius 1 is 0.549 bits per heavy atom. The van der Waals surface area contributed by atoms with E-state index in [0.29, 0.717) is 19.3 Å². The number of carbonyl (C=O) groups excluding carboxylic acids is 3. The standard InChI is InChI=1S/C41H75O9P/c1-3-5-7-9-11-12-13-14-15-16-17-18-19-20-22-26-31-35-41(44)50-39(37-49-51(45,46)47)36-48-40(43)34-30-27-23-25-29-33-38(42)32-28-24-21-10-8-6-4-2/h21,24,28,32,39H,3-20,22-23,25-27,29-31,33-37H2,1-2H3,(H2,45,46,47)/b24-21-,32-28+/t39-/m1/s1. The molecule has 0 heterocycles. The van der Waals surface area contributed by atoms with Crippen molar-refractivity contribution in [3.8, 4) is 0 Å². The first kappa shape index (κ1) is 49.2. The van der Waals surface area contributed by atoms with Crippen molar-refractivity contribution < 1.29 is 42.7 Å². The Balaban J connectivity index is 3.98. The third-order valence-electron chi connectivity index (χ3n) is 8.95. The van der Waals surface area contributed by atoms with Gasteiger partial charge in [0.25, 0.3) is 0 Å². The number of esters is 2. The Kier molecular flexibility index (Phi) is 35.3. The highest BCUT2D eigenvalue weighted by atomic mass is 31.2. The lowest BCUT2D eigenvalue weighted by molar-refractivity contribution is -0.161. The second-order valence-corrected chi connectivity index (χ2v) is 15.2. The molecule has 298 valence electrons. The second kappa shape index (κ2) is 36.6. The van der Waals surface area contributed by atoms with Crippen LogP contribution in [0.1, 0.15) is 200 Å². The average Bonchev–Trinajstić information content (AvgIpc) is 3.09. The summed E-state index contributed by atoms with van der Waals surface area (Å²) >= 11 is 0. The molecule has 0 aromatic rings. The van der Waals surface area contributed by atoms with Crippen LogP contribution < -0.4 is 0 Å². The first-order valence-corrected chi connectivity index (χ1v) is 22.1. The summed E-state index contributed by atoms with van der Waals surface area (Å²) in [6.07, 6.45) is 37.2. The van der Waals surface area contributed by atoms with Crippen LogP contribution in [0.4, 0.5) is 0 Å². The van der Waals surface area contributed by atoms with Crippen molar-refractivity contribution in [1.29, 1.82) is 0 Å². The quantitative estimate of drug-likeness (QED) is 0.0208. The molecule has 0 bridgehead atoms. The zero-order chi connectivity index (χ0) is 37.7. The van der Waals surface area contributed by atoms with Crippen molar-refractivity contribution in [3.05, 3.63) is 24.3 Å². The first-order chi connectivity index (χ1) is 24.7. The minimum Gasteiger partial charge on any atom is -0.462 e. The highest BCUT2D eigenvalue weighted by Gasteiger charge is 2.22. The van der Waals surface area contributed by atoms with Crippen LogP contribution in [0.2, 0.25) is 0 Å².